The van der Waals surface area contributed by atoms with E-state index >= 15 is 0 Å². The van der Waals surface area contributed by atoms with E-state index in [2.05, 4.69) is 18.3 Å². The molecule has 1 aromatic carbocycles. The predicted octanol–water partition coefficient (Wildman–Crippen LogP) is 2.01. The molecule has 92 valence electrons. The number of urea groups is 1. The number of hydrogen-bond donors (Lipinski definition) is 1. The first-order valence-electron chi connectivity index (χ1n) is 5.69. The molecule has 4 heteroatoms. The lowest BCUT2D eigenvalue weighted by atomic mass is 9.98. The molecule has 1 aromatic rings. The van der Waals surface area contributed by atoms with Gasteiger partial charge in [-0.3, -0.25) is 0 Å². The Morgan fingerprint density at radius 1 is 1.41 bits per heavy atom. The van der Waals surface area contributed by atoms with Crippen molar-refractivity contribution in [2.75, 3.05) is 20.7 Å². The third-order valence-corrected chi connectivity index (χ3v) is 3.16. The van der Waals surface area contributed by atoms with Gasteiger partial charge in [0.25, 0.3) is 0 Å². The first-order valence-corrected chi connectivity index (χ1v) is 5.69. The second kappa shape index (κ2) is 4.28. The number of amides is 2. The number of likely N-dealkylation sites (N-methyl/N-ethyl adjacent to an activating group) is 1. The molecular formula is C13H18N2O2. The van der Waals surface area contributed by atoms with Crippen LogP contribution in [0, 0.1) is 13.8 Å². The predicted molar refractivity (Wildman–Crippen MR) is 66.4 cm³/mol. The van der Waals surface area contributed by atoms with Crippen molar-refractivity contribution < 1.29 is 9.53 Å². The molecule has 0 spiro atoms. The van der Waals surface area contributed by atoms with Crippen LogP contribution in [0.25, 0.3) is 0 Å². The first kappa shape index (κ1) is 11.8. The molecule has 1 fully saturated rings. The summed E-state index contributed by atoms with van der Waals surface area (Å²) >= 11 is 0. The molecule has 2 amide bonds. The van der Waals surface area contributed by atoms with Gasteiger partial charge in [0.05, 0.1) is 13.2 Å². The number of hydrogen-bond acceptors (Lipinski definition) is 2. The normalized spacial score (nSPS) is 19.4. The monoisotopic (exact) mass is 234 g/mol. The van der Waals surface area contributed by atoms with Gasteiger partial charge >= 0.3 is 6.03 Å². The van der Waals surface area contributed by atoms with Crippen molar-refractivity contribution >= 4 is 6.03 Å². The lowest BCUT2D eigenvalue weighted by Crippen LogP contribution is -2.24. The summed E-state index contributed by atoms with van der Waals surface area (Å²) in [5.74, 6) is 0.850. The van der Waals surface area contributed by atoms with E-state index in [1.807, 2.05) is 13.0 Å². The first-order chi connectivity index (χ1) is 8.02. The van der Waals surface area contributed by atoms with Crippen LogP contribution in [0.2, 0.25) is 0 Å². The highest BCUT2D eigenvalue weighted by atomic mass is 16.5. The molecule has 1 aliphatic heterocycles. The van der Waals surface area contributed by atoms with Gasteiger partial charge in [0.1, 0.15) is 5.75 Å². The number of ether oxygens (including phenoxy) is 1. The summed E-state index contributed by atoms with van der Waals surface area (Å²) < 4.78 is 5.42. The van der Waals surface area contributed by atoms with Crippen molar-refractivity contribution in [3.8, 4) is 5.75 Å². The second-order valence-corrected chi connectivity index (χ2v) is 4.58. The Labute approximate surface area is 102 Å². The topological polar surface area (TPSA) is 41.6 Å². The van der Waals surface area contributed by atoms with Gasteiger partial charge in [-0.15, -0.1) is 0 Å². The number of aryl methyl sites for hydroxylation is 2. The Bertz CT molecular complexity index is 457. The van der Waals surface area contributed by atoms with Crippen LogP contribution >= 0.6 is 0 Å². The summed E-state index contributed by atoms with van der Waals surface area (Å²) in [4.78, 5) is 13.2. The van der Waals surface area contributed by atoms with Crippen molar-refractivity contribution in [2.24, 2.45) is 0 Å². The summed E-state index contributed by atoms with van der Waals surface area (Å²) in [6.07, 6.45) is 0. The van der Waals surface area contributed by atoms with Gasteiger partial charge in [-0.25, -0.2) is 4.79 Å². The largest absolute Gasteiger partial charge is 0.496 e. The van der Waals surface area contributed by atoms with Crippen molar-refractivity contribution in [1.82, 2.24) is 10.2 Å². The molecule has 1 unspecified atom stereocenters. The highest BCUT2D eigenvalue weighted by Crippen LogP contribution is 2.32. The van der Waals surface area contributed by atoms with Gasteiger partial charge in [-0.2, -0.15) is 0 Å². The fraction of sp³-hybridized carbons (Fsp3) is 0.462. The number of benzene rings is 1. The molecule has 1 atom stereocenters. The Kier molecular flexibility index (Phi) is 2.96. The van der Waals surface area contributed by atoms with Crippen LogP contribution in [0.4, 0.5) is 4.79 Å². The van der Waals surface area contributed by atoms with Gasteiger partial charge in [-0.1, -0.05) is 6.07 Å². The van der Waals surface area contributed by atoms with Gasteiger partial charge in [0, 0.05) is 19.2 Å². The van der Waals surface area contributed by atoms with Crippen LogP contribution < -0.4 is 10.1 Å². The Balaban J connectivity index is 2.41. The lowest BCUT2D eigenvalue weighted by molar-refractivity contribution is 0.226. The van der Waals surface area contributed by atoms with Crippen LogP contribution in [0.15, 0.2) is 12.1 Å². The minimum atomic E-state index is -0.0305. The number of nitrogens with zero attached hydrogens (tertiary/aromatic N) is 1. The van der Waals surface area contributed by atoms with Crippen LogP contribution in [-0.4, -0.2) is 31.6 Å². The number of carbonyl (C=O) groups is 1. The van der Waals surface area contributed by atoms with Gasteiger partial charge in [0.2, 0.25) is 0 Å². The summed E-state index contributed by atoms with van der Waals surface area (Å²) in [5.41, 5.74) is 3.40. The molecule has 0 aliphatic carbocycles. The van der Waals surface area contributed by atoms with Crippen LogP contribution in [0.3, 0.4) is 0 Å². The van der Waals surface area contributed by atoms with E-state index in [0.29, 0.717) is 6.54 Å². The maximum atomic E-state index is 11.5. The standard InChI is InChI=1S/C13H18N2O2/c1-8-5-9(2)12(11(6-8)17-4)10-7-15(3)13(16)14-10/h5-6,10H,7H2,1-4H3,(H,14,16). The Hall–Kier alpha value is -1.71. The van der Waals surface area contributed by atoms with Crippen LogP contribution in [0.5, 0.6) is 5.75 Å². The zero-order chi connectivity index (χ0) is 12.6. The zero-order valence-corrected chi connectivity index (χ0v) is 10.7. The third kappa shape index (κ3) is 2.07. The zero-order valence-electron chi connectivity index (χ0n) is 10.7. The average molecular weight is 234 g/mol. The minimum Gasteiger partial charge on any atom is -0.496 e. The highest BCUT2D eigenvalue weighted by Gasteiger charge is 2.30. The fourth-order valence-electron chi connectivity index (χ4n) is 2.38. The van der Waals surface area contributed by atoms with E-state index in [9.17, 15) is 4.79 Å². The molecule has 1 saturated heterocycles. The van der Waals surface area contributed by atoms with Gasteiger partial charge in [0.15, 0.2) is 0 Å². The quantitative estimate of drug-likeness (QED) is 0.850. The Morgan fingerprint density at radius 3 is 2.65 bits per heavy atom. The van der Waals surface area contributed by atoms with E-state index in [1.54, 1.807) is 19.1 Å². The number of methoxy groups -OCH3 is 1. The van der Waals surface area contributed by atoms with Gasteiger partial charge in [-0.05, 0) is 31.0 Å². The summed E-state index contributed by atoms with van der Waals surface area (Å²) in [6.45, 7) is 4.77. The second-order valence-electron chi connectivity index (χ2n) is 4.58. The SMILES string of the molecule is COc1cc(C)cc(C)c1C1CN(C)C(=O)N1. The van der Waals surface area contributed by atoms with Gasteiger partial charge < -0.3 is 15.0 Å². The van der Waals surface area contributed by atoms with E-state index in [-0.39, 0.29) is 12.1 Å². The molecule has 0 aromatic heterocycles. The molecular weight excluding hydrogens is 216 g/mol. The van der Waals surface area contributed by atoms with Crippen molar-refractivity contribution in [3.63, 3.8) is 0 Å². The molecule has 4 nitrogen and oxygen atoms in total. The number of rotatable bonds is 2. The van der Waals surface area contributed by atoms with Crippen molar-refractivity contribution in [3.05, 3.63) is 28.8 Å². The molecule has 0 saturated carbocycles. The lowest BCUT2D eigenvalue weighted by Gasteiger charge is -2.18. The van der Waals surface area contributed by atoms with Crippen LogP contribution in [-0.2, 0) is 0 Å². The molecule has 1 heterocycles. The van der Waals surface area contributed by atoms with E-state index in [1.165, 1.54) is 5.56 Å². The average Bonchev–Trinajstić information content (AvgIpc) is 2.57. The van der Waals surface area contributed by atoms with E-state index in [4.69, 9.17) is 4.74 Å². The molecule has 1 aliphatic rings. The maximum absolute atomic E-state index is 11.5. The third-order valence-electron chi connectivity index (χ3n) is 3.16. The highest BCUT2D eigenvalue weighted by molar-refractivity contribution is 5.77. The molecule has 17 heavy (non-hydrogen) atoms. The maximum Gasteiger partial charge on any atom is 0.317 e. The summed E-state index contributed by atoms with van der Waals surface area (Å²) in [6, 6.07) is 4.11. The fourth-order valence-corrected chi connectivity index (χ4v) is 2.38. The summed E-state index contributed by atoms with van der Waals surface area (Å²) in [7, 11) is 3.46. The van der Waals surface area contributed by atoms with Crippen LogP contribution in [0.1, 0.15) is 22.7 Å². The smallest absolute Gasteiger partial charge is 0.317 e. The molecule has 0 radical (unpaired) electrons. The Morgan fingerprint density at radius 2 is 2.12 bits per heavy atom. The van der Waals surface area contributed by atoms with E-state index < -0.39 is 0 Å². The molecule has 2 rings (SSSR count). The van der Waals surface area contributed by atoms with Crippen molar-refractivity contribution in [2.45, 2.75) is 19.9 Å². The van der Waals surface area contributed by atoms with Crippen molar-refractivity contribution in [1.29, 1.82) is 0 Å². The summed E-state index contributed by atoms with van der Waals surface area (Å²) in [5, 5.41) is 2.96. The molecule has 1 N–H and O–H groups in total. The minimum absolute atomic E-state index is 0.0167. The molecule has 0 bridgehead atoms. The number of carbonyl (C=O) groups excluding carboxylic acids is 1. The number of nitrogens with one attached hydrogen (secondary N) is 1. The van der Waals surface area contributed by atoms with E-state index in [0.717, 1.165) is 16.9 Å².